The first kappa shape index (κ1) is 18.9. The molecule has 8 heteroatoms. The van der Waals surface area contributed by atoms with Crippen LogP contribution < -0.4 is 24.4 Å². The van der Waals surface area contributed by atoms with E-state index in [0.717, 1.165) is 5.56 Å². The highest BCUT2D eigenvalue weighted by atomic mass is 16.5. The second-order valence-electron chi connectivity index (χ2n) is 7.10. The number of hydrogen-bond acceptors (Lipinski definition) is 6. The van der Waals surface area contributed by atoms with Gasteiger partial charge in [-0.15, -0.1) is 0 Å². The minimum atomic E-state index is -0.910. The number of urea groups is 1. The van der Waals surface area contributed by atoms with Gasteiger partial charge in [0.2, 0.25) is 0 Å². The Bertz CT molecular complexity index is 991. The molecular formula is C21H22N2O6. The number of ether oxygens (including phenoxy) is 4. The summed E-state index contributed by atoms with van der Waals surface area (Å²) in [5.41, 5.74) is 0.878. The van der Waals surface area contributed by atoms with Crippen molar-refractivity contribution in [3.8, 4) is 17.2 Å². The van der Waals surface area contributed by atoms with Crippen molar-refractivity contribution in [2.75, 3.05) is 26.2 Å². The van der Waals surface area contributed by atoms with E-state index >= 15 is 0 Å². The Morgan fingerprint density at radius 2 is 1.90 bits per heavy atom. The molecule has 1 N–H and O–H groups in total. The predicted octanol–water partition coefficient (Wildman–Crippen LogP) is 3.26. The van der Waals surface area contributed by atoms with Crippen LogP contribution in [0.15, 0.2) is 36.4 Å². The maximum absolute atomic E-state index is 13.0. The molecule has 0 saturated carbocycles. The monoisotopic (exact) mass is 398 g/mol. The molecule has 29 heavy (non-hydrogen) atoms. The van der Waals surface area contributed by atoms with Crippen molar-refractivity contribution in [2.45, 2.75) is 25.1 Å². The fraction of sp³-hybridized carbons (Fsp3) is 0.333. The number of esters is 1. The number of nitrogens with one attached hydrogen (secondary N) is 1. The van der Waals surface area contributed by atoms with E-state index in [4.69, 9.17) is 18.9 Å². The van der Waals surface area contributed by atoms with Gasteiger partial charge in [-0.05, 0) is 37.3 Å². The third-order valence-corrected chi connectivity index (χ3v) is 5.32. The molecule has 152 valence electrons. The molecule has 8 nitrogen and oxygen atoms in total. The quantitative estimate of drug-likeness (QED) is 0.796. The minimum Gasteiger partial charge on any atom is -0.493 e. The fourth-order valence-electron chi connectivity index (χ4n) is 3.97. The van der Waals surface area contributed by atoms with E-state index < -0.39 is 11.7 Å². The summed E-state index contributed by atoms with van der Waals surface area (Å²) in [7, 11) is 4.43. The van der Waals surface area contributed by atoms with E-state index in [9.17, 15) is 9.59 Å². The number of amides is 2. The second-order valence-corrected chi connectivity index (χ2v) is 7.10. The summed E-state index contributed by atoms with van der Waals surface area (Å²) in [6, 6.07) is 9.78. The van der Waals surface area contributed by atoms with Crippen molar-refractivity contribution in [1.82, 2.24) is 5.32 Å². The Hall–Kier alpha value is -3.42. The van der Waals surface area contributed by atoms with Crippen molar-refractivity contribution in [3.63, 3.8) is 0 Å². The van der Waals surface area contributed by atoms with Crippen LogP contribution in [0.1, 0.15) is 35.3 Å². The molecule has 2 heterocycles. The van der Waals surface area contributed by atoms with Crippen LogP contribution in [0.4, 0.5) is 10.5 Å². The first-order chi connectivity index (χ1) is 13.9. The molecule has 1 fully saturated rings. The zero-order valence-corrected chi connectivity index (χ0v) is 16.6. The van der Waals surface area contributed by atoms with Gasteiger partial charge in [0.25, 0.3) is 0 Å². The van der Waals surface area contributed by atoms with Crippen LogP contribution >= 0.6 is 0 Å². The number of carbonyl (C=O) groups is 2. The van der Waals surface area contributed by atoms with Crippen LogP contribution in [-0.4, -0.2) is 39.1 Å². The molecule has 2 aromatic rings. The van der Waals surface area contributed by atoms with Crippen molar-refractivity contribution in [2.24, 2.45) is 0 Å². The van der Waals surface area contributed by atoms with Gasteiger partial charge in [-0.25, -0.2) is 9.59 Å². The van der Waals surface area contributed by atoms with Gasteiger partial charge in [-0.1, -0.05) is 0 Å². The molecule has 4 rings (SSSR count). The fourth-order valence-corrected chi connectivity index (χ4v) is 3.97. The Kier molecular flexibility index (Phi) is 4.49. The number of nitrogens with zero attached hydrogens (tertiary/aromatic N) is 1. The summed E-state index contributed by atoms with van der Waals surface area (Å²) in [5, 5.41) is 3.01. The lowest BCUT2D eigenvalue weighted by molar-refractivity contribution is 0.0377. The molecule has 0 spiro atoms. The smallest absolute Gasteiger partial charge is 0.337 e. The Morgan fingerprint density at radius 3 is 2.59 bits per heavy atom. The molecule has 2 atom stereocenters. The normalized spacial score (nSPS) is 22.1. The summed E-state index contributed by atoms with van der Waals surface area (Å²) >= 11 is 0. The summed E-state index contributed by atoms with van der Waals surface area (Å²) in [6.45, 7) is 1.87. The second kappa shape index (κ2) is 6.88. The first-order valence-electron chi connectivity index (χ1n) is 9.14. The van der Waals surface area contributed by atoms with Gasteiger partial charge < -0.3 is 24.3 Å². The minimum absolute atomic E-state index is 0.280. The SMILES string of the molecule is COC(=O)c1ccc2c(c1)[C@H]1C[C@@](C)(O2)N(c2ccc(OC)c(OC)c2)C(=O)N1. The number of hydrogen-bond donors (Lipinski definition) is 1. The van der Waals surface area contributed by atoms with Gasteiger partial charge >= 0.3 is 12.0 Å². The van der Waals surface area contributed by atoms with Gasteiger partial charge in [0.1, 0.15) is 5.75 Å². The lowest BCUT2D eigenvalue weighted by Crippen LogP contribution is -2.65. The summed E-state index contributed by atoms with van der Waals surface area (Å²) in [5.74, 6) is 1.27. The summed E-state index contributed by atoms with van der Waals surface area (Å²) in [6.07, 6.45) is 0.505. The van der Waals surface area contributed by atoms with Crippen LogP contribution in [0.5, 0.6) is 17.2 Å². The van der Waals surface area contributed by atoms with Crippen molar-refractivity contribution < 1.29 is 28.5 Å². The standard InChI is InChI=1S/C21H22N2O6/c1-21-11-15(14-9-12(19(24)28-4)5-7-16(14)29-21)22-20(25)23(21)13-6-8-17(26-2)18(10-13)27-3/h5-10,15H,11H2,1-4H3,(H,22,25)/t15-,21-/m1/s1. The molecule has 2 aliphatic rings. The molecule has 0 unspecified atom stereocenters. The van der Waals surface area contributed by atoms with E-state index in [1.807, 2.05) is 6.92 Å². The average Bonchev–Trinajstić information content (AvgIpc) is 2.72. The van der Waals surface area contributed by atoms with Gasteiger partial charge in [-0.2, -0.15) is 0 Å². The van der Waals surface area contributed by atoms with Crippen LogP contribution in [-0.2, 0) is 4.74 Å². The van der Waals surface area contributed by atoms with Crippen molar-refractivity contribution in [3.05, 3.63) is 47.5 Å². The maximum Gasteiger partial charge on any atom is 0.337 e. The predicted molar refractivity (Wildman–Crippen MR) is 105 cm³/mol. The van der Waals surface area contributed by atoms with Crippen LogP contribution in [0.2, 0.25) is 0 Å². The zero-order chi connectivity index (χ0) is 20.8. The summed E-state index contributed by atoms with van der Waals surface area (Å²) in [4.78, 5) is 26.5. The lowest BCUT2D eigenvalue weighted by atomic mass is 9.89. The van der Waals surface area contributed by atoms with Crippen LogP contribution in [0.3, 0.4) is 0 Å². The van der Waals surface area contributed by atoms with E-state index in [0.29, 0.717) is 34.9 Å². The maximum atomic E-state index is 13.0. The van der Waals surface area contributed by atoms with Gasteiger partial charge in [0.05, 0.1) is 38.6 Å². The number of carbonyl (C=O) groups excluding carboxylic acids is 2. The zero-order valence-electron chi connectivity index (χ0n) is 16.6. The Balaban J connectivity index is 1.74. The average molecular weight is 398 g/mol. The van der Waals surface area contributed by atoms with Gasteiger partial charge in [0.15, 0.2) is 17.2 Å². The van der Waals surface area contributed by atoms with E-state index in [1.54, 1.807) is 55.5 Å². The molecule has 0 aromatic heterocycles. The van der Waals surface area contributed by atoms with Crippen molar-refractivity contribution in [1.29, 1.82) is 0 Å². The number of fused-ring (bicyclic) bond motifs is 4. The van der Waals surface area contributed by atoms with Crippen molar-refractivity contribution >= 4 is 17.7 Å². The Labute approximate surface area is 168 Å². The molecule has 1 saturated heterocycles. The highest BCUT2D eigenvalue weighted by Crippen LogP contribution is 2.46. The first-order valence-corrected chi connectivity index (χ1v) is 9.14. The summed E-state index contributed by atoms with van der Waals surface area (Å²) < 4.78 is 21.7. The number of rotatable bonds is 4. The molecule has 0 aliphatic carbocycles. The number of benzene rings is 2. The lowest BCUT2D eigenvalue weighted by Gasteiger charge is -2.50. The molecule has 2 aliphatic heterocycles. The molecule has 2 amide bonds. The van der Waals surface area contributed by atoms with E-state index in [2.05, 4.69) is 5.32 Å². The van der Waals surface area contributed by atoms with E-state index in [1.165, 1.54) is 7.11 Å². The largest absolute Gasteiger partial charge is 0.493 e. The third kappa shape index (κ3) is 3.00. The van der Waals surface area contributed by atoms with Gasteiger partial charge in [0, 0.05) is 18.1 Å². The number of anilines is 1. The van der Waals surface area contributed by atoms with Crippen LogP contribution in [0.25, 0.3) is 0 Å². The van der Waals surface area contributed by atoms with E-state index in [-0.39, 0.29) is 12.1 Å². The topological polar surface area (TPSA) is 86.3 Å². The molecule has 2 aromatic carbocycles. The highest BCUT2D eigenvalue weighted by Gasteiger charge is 2.50. The van der Waals surface area contributed by atoms with Crippen LogP contribution in [0, 0.1) is 0 Å². The molecule has 0 radical (unpaired) electrons. The number of methoxy groups -OCH3 is 3. The Morgan fingerprint density at radius 1 is 1.14 bits per heavy atom. The highest BCUT2D eigenvalue weighted by molar-refractivity contribution is 5.95. The molecular weight excluding hydrogens is 376 g/mol. The third-order valence-electron chi connectivity index (χ3n) is 5.32. The molecule has 2 bridgehead atoms. The van der Waals surface area contributed by atoms with Gasteiger partial charge in [-0.3, -0.25) is 4.90 Å².